The van der Waals surface area contributed by atoms with E-state index in [1.165, 1.54) is 6.20 Å². The highest BCUT2D eigenvalue weighted by atomic mass is 16.5. The SMILES string of the molecule is COCC1CCn2nccc2CN1C(=O)c1cnc(C)cn1. The maximum atomic E-state index is 12.8. The second kappa shape index (κ2) is 6.23. The molecule has 1 amide bonds. The van der Waals surface area contributed by atoms with Gasteiger partial charge in [-0.3, -0.25) is 14.5 Å². The molecule has 2 aromatic heterocycles. The number of aryl methyl sites for hydroxylation is 2. The Hall–Kier alpha value is -2.28. The van der Waals surface area contributed by atoms with Crippen LogP contribution in [-0.4, -0.2) is 50.3 Å². The van der Waals surface area contributed by atoms with Crippen LogP contribution in [0.1, 0.15) is 28.3 Å². The van der Waals surface area contributed by atoms with Gasteiger partial charge in [0.1, 0.15) is 5.69 Å². The summed E-state index contributed by atoms with van der Waals surface area (Å²) in [4.78, 5) is 23.0. The molecule has 0 saturated carbocycles. The molecule has 0 N–H and O–H groups in total. The van der Waals surface area contributed by atoms with Crippen molar-refractivity contribution in [2.45, 2.75) is 32.5 Å². The Balaban J connectivity index is 1.89. The zero-order chi connectivity index (χ0) is 15.5. The highest BCUT2D eigenvalue weighted by Gasteiger charge is 2.29. The van der Waals surface area contributed by atoms with Gasteiger partial charge in [-0.05, 0) is 19.4 Å². The standard InChI is InChI=1S/C15H19N5O2/c1-11-7-17-14(8-16-11)15(21)19-9-12-3-5-18-20(12)6-4-13(19)10-22-2/h3,5,7-8,13H,4,6,9-10H2,1-2H3. The van der Waals surface area contributed by atoms with Gasteiger partial charge in [-0.2, -0.15) is 5.10 Å². The van der Waals surface area contributed by atoms with E-state index in [0.717, 1.165) is 24.4 Å². The van der Waals surface area contributed by atoms with Crippen LogP contribution in [0.2, 0.25) is 0 Å². The fraction of sp³-hybridized carbons (Fsp3) is 0.467. The predicted molar refractivity (Wildman–Crippen MR) is 79.2 cm³/mol. The zero-order valence-corrected chi connectivity index (χ0v) is 12.8. The van der Waals surface area contributed by atoms with Gasteiger partial charge in [0.15, 0.2) is 0 Å². The monoisotopic (exact) mass is 301 g/mol. The van der Waals surface area contributed by atoms with Crippen LogP contribution in [0.4, 0.5) is 0 Å². The number of hydrogen-bond donors (Lipinski definition) is 0. The van der Waals surface area contributed by atoms with Crippen LogP contribution in [0.3, 0.4) is 0 Å². The Morgan fingerprint density at radius 3 is 3.00 bits per heavy atom. The van der Waals surface area contributed by atoms with Gasteiger partial charge in [0.05, 0.1) is 36.8 Å². The van der Waals surface area contributed by atoms with Crippen molar-refractivity contribution in [1.82, 2.24) is 24.6 Å². The molecular weight excluding hydrogens is 282 g/mol. The number of ether oxygens (including phenoxy) is 1. The molecule has 7 heteroatoms. The number of nitrogens with zero attached hydrogens (tertiary/aromatic N) is 5. The fourth-order valence-electron chi connectivity index (χ4n) is 2.68. The van der Waals surface area contributed by atoms with E-state index in [2.05, 4.69) is 15.1 Å². The van der Waals surface area contributed by atoms with Crippen LogP contribution in [0, 0.1) is 6.92 Å². The molecule has 2 aromatic rings. The first-order valence-electron chi connectivity index (χ1n) is 7.28. The average molecular weight is 301 g/mol. The van der Waals surface area contributed by atoms with Crippen LogP contribution in [0.15, 0.2) is 24.7 Å². The largest absolute Gasteiger partial charge is 0.383 e. The fourth-order valence-corrected chi connectivity index (χ4v) is 2.68. The molecule has 0 spiro atoms. The van der Waals surface area contributed by atoms with Gasteiger partial charge < -0.3 is 9.64 Å². The summed E-state index contributed by atoms with van der Waals surface area (Å²) in [7, 11) is 1.65. The number of fused-ring (bicyclic) bond motifs is 1. The molecule has 7 nitrogen and oxygen atoms in total. The van der Waals surface area contributed by atoms with Gasteiger partial charge in [-0.25, -0.2) is 4.98 Å². The third-order valence-electron chi connectivity index (χ3n) is 3.87. The predicted octanol–water partition coefficient (Wildman–Crippen LogP) is 1.04. The minimum atomic E-state index is -0.121. The van der Waals surface area contributed by atoms with Crippen molar-refractivity contribution in [2.75, 3.05) is 13.7 Å². The summed E-state index contributed by atoms with van der Waals surface area (Å²) in [6.07, 6.45) is 5.71. The van der Waals surface area contributed by atoms with Gasteiger partial charge in [-0.15, -0.1) is 0 Å². The van der Waals surface area contributed by atoms with E-state index in [1.54, 1.807) is 19.5 Å². The quantitative estimate of drug-likeness (QED) is 0.847. The molecule has 3 rings (SSSR count). The van der Waals surface area contributed by atoms with Gasteiger partial charge in [0, 0.05) is 26.0 Å². The average Bonchev–Trinajstić information content (AvgIpc) is 2.90. The minimum absolute atomic E-state index is 0.00213. The Kier molecular flexibility index (Phi) is 4.15. The molecule has 1 atom stereocenters. The zero-order valence-electron chi connectivity index (χ0n) is 12.8. The van der Waals surface area contributed by atoms with Crippen LogP contribution < -0.4 is 0 Å². The smallest absolute Gasteiger partial charge is 0.274 e. The van der Waals surface area contributed by atoms with Crippen LogP contribution >= 0.6 is 0 Å². The molecule has 22 heavy (non-hydrogen) atoms. The molecule has 1 aliphatic heterocycles. The lowest BCUT2D eigenvalue weighted by Gasteiger charge is -2.28. The van der Waals surface area contributed by atoms with Crippen molar-refractivity contribution in [3.63, 3.8) is 0 Å². The molecule has 3 heterocycles. The number of rotatable bonds is 3. The summed E-state index contributed by atoms with van der Waals surface area (Å²) in [5, 5.41) is 4.30. The maximum Gasteiger partial charge on any atom is 0.274 e. The maximum absolute atomic E-state index is 12.8. The number of methoxy groups -OCH3 is 1. The number of hydrogen-bond acceptors (Lipinski definition) is 5. The van der Waals surface area contributed by atoms with Crippen molar-refractivity contribution in [3.05, 3.63) is 41.7 Å². The van der Waals surface area contributed by atoms with Gasteiger partial charge in [0.25, 0.3) is 5.91 Å². The molecule has 0 aromatic carbocycles. The highest BCUT2D eigenvalue weighted by molar-refractivity contribution is 5.92. The first-order valence-corrected chi connectivity index (χ1v) is 7.28. The number of amides is 1. The van der Waals surface area contributed by atoms with E-state index in [-0.39, 0.29) is 11.9 Å². The van der Waals surface area contributed by atoms with E-state index in [4.69, 9.17) is 4.74 Å². The van der Waals surface area contributed by atoms with E-state index in [1.807, 2.05) is 22.6 Å². The molecule has 1 aliphatic rings. The topological polar surface area (TPSA) is 73.1 Å². The highest BCUT2D eigenvalue weighted by Crippen LogP contribution is 2.19. The molecule has 1 unspecified atom stereocenters. The number of carbonyl (C=O) groups is 1. The number of aromatic nitrogens is 4. The van der Waals surface area contributed by atoms with Crippen LogP contribution in [0.5, 0.6) is 0 Å². The third-order valence-corrected chi connectivity index (χ3v) is 3.87. The summed E-state index contributed by atoms with van der Waals surface area (Å²) < 4.78 is 7.23. The summed E-state index contributed by atoms with van der Waals surface area (Å²) >= 11 is 0. The molecule has 0 saturated heterocycles. The summed E-state index contributed by atoms with van der Waals surface area (Å²) in [6, 6.07) is 1.94. The van der Waals surface area contributed by atoms with Crippen LogP contribution in [0.25, 0.3) is 0 Å². The van der Waals surface area contributed by atoms with Gasteiger partial charge in [0.2, 0.25) is 0 Å². The number of carbonyl (C=O) groups excluding carboxylic acids is 1. The van der Waals surface area contributed by atoms with Crippen LogP contribution in [-0.2, 0) is 17.8 Å². The van der Waals surface area contributed by atoms with E-state index in [9.17, 15) is 4.79 Å². The lowest BCUT2D eigenvalue weighted by Crippen LogP contribution is -2.42. The van der Waals surface area contributed by atoms with E-state index < -0.39 is 0 Å². The Morgan fingerprint density at radius 2 is 2.27 bits per heavy atom. The molecule has 0 aliphatic carbocycles. The lowest BCUT2D eigenvalue weighted by molar-refractivity contribution is 0.0497. The van der Waals surface area contributed by atoms with Crippen molar-refractivity contribution in [3.8, 4) is 0 Å². The second-order valence-corrected chi connectivity index (χ2v) is 5.42. The first kappa shape index (κ1) is 14.6. The second-order valence-electron chi connectivity index (χ2n) is 5.42. The summed E-state index contributed by atoms with van der Waals surface area (Å²) in [5.41, 5.74) is 2.17. The van der Waals surface area contributed by atoms with Crippen molar-refractivity contribution in [1.29, 1.82) is 0 Å². The van der Waals surface area contributed by atoms with Gasteiger partial charge >= 0.3 is 0 Å². The van der Waals surface area contributed by atoms with E-state index in [0.29, 0.717) is 18.8 Å². The molecule has 0 radical (unpaired) electrons. The lowest BCUT2D eigenvalue weighted by atomic mass is 10.1. The van der Waals surface area contributed by atoms with Crippen molar-refractivity contribution < 1.29 is 9.53 Å². The molecule has 0 bridgehead atoms. The summed E-state index contributed by atoms with van der Waals surface area (Å²) in [6.45, 7) is 3.62. The molecular formula is C15H19N5O2. The third kappa shape index (κ3) is 2.85. The first-order chi connectivity index (χ1) is 10.7. The van der Waals surface area contributed by atoms with Gasteiger partial charge in [-0.1, -0.05) is 0 Å². The molecule has 116 valence electrons. The Morgan fingerprint density at radius 1 is 1.41 bits per heavy atom. The Bertz CT molecular complexity index is 652. The summed E-state index contributed by atoms with van der Waals surface area (Å²) in [5.74, 6) is -0.121. The normalized spacial score (nSPS) is 17.9. The van der Waals surface area contributed by atoms with Crippen molar-refractivity contribution in [2.24, 2.45) is 0 Å². The molecule has 0 fully saturated rings. The van der Waals surface area contributed by atoms with E-state index >= 15 is 0 Å². The van der Waals surface area contributed by atoms with Crippen molar-refractivity contribution >= 4 is 5.91 Å². The minimum Gasteiger partial charge on any atom is -0.383 e. The Labute approximate surface area is 128 Å².